The number of piperazine rings is 1. The largest absolute Gasteiger partial charge is 0.338 e. The lowest BCUT2D eigenvalue weighted by Crippen LogP contribution is -2.53. The van der Waals surface area contributed by atoms with E-state index in [0.717, 1.165) is 16.7 Å². The van der Waals surface area contributed by atoms with Crippen molar-refractivity contribution in [3.05, 3.63) is 77.5 Å². The lowest BCUT2D eigenvalue weighted by Gasteiger charge is -2.34. The molecule has 4 rings (SSSR count). The van der Waals surface area contributed by atoms with Gasteiger partial charge >= 0.3 is 6.03 Å². The van der Waals surface area contributed by atoms with E-state index in [2.05, 4.69) is 17.4 Å². The Balaban J connectivity index is 1.58. The van der Waals surface area contributed by atoms with E-state index in [-0.39, 0.29) is 11.9 Å². The molecule has 0 atom stereocenters. The third-order valence-corrected chi connectivity index (χ3v) is 5.69. The number of hydrogen-bond acceptors (Lipinski definition) is 3. The Hall–Kier alpha value is -3.61. The number of aryl methyl sites for hydroxylation is 1. The zero-order chi connectivity index (χ0) is 22.5. The molecule has 0 unspecified atom stereocenters. The number of aromatic nitrogens is 2. The van der Waals surface area contributed by atoms with E-state index in [9.17, 15) is 9.59 Å². The second kappa shape index (κ2) is 9.68. The highest BCUT2D eigenvalue weighted by Crippen LogP contribution is 2.25. The summed E-state index contributed by atoms with van der Waals surface area (Å²) < 4.78 is 1.84. The highest BCUT2D eigenvalue weighted by Gasteiger charge is 2.28. The Kier molecular flexibility index (Phi) is 6.54. The van der Waals surface area contributed by atoms with Crippen molar-refractivity contribution in [1.82, 2.24) is 24.9 Å². The minimum absolute atomic E-state index is 0.0459. The molecule has 0 saturated carbocycles. The highest BCUT2D eigenvalue weighted by molar-refractivity contribution is 6.00. The van der Waals surface area contributed by atoms with E-state index in [4.69, 9.17) is 5.10 Å². The summed E-state index contributed by atoms with van der Waals surface area (Å²) in [6.07, 6.45) is 1.85. The van der Waals surface area contributed by atoms with Crippen molar-refractivity contribution in [1.29, 1.82) is 0 Å². The third-order valence-electron chi connectivity index (χ3n) is 5.69. The van der Waals surface area contributed by atoms with Crippen molar-refractivity contribution >= 4 is 11.9 Å². The number of carbonyl (C=O) groups excluding carboxylic acids is 2. The van der Waals surface area contributed by atoms with Crippen LogP contribution in [0.1, 0.15) is 28.4 Å². The molecule has 3 amide bonds. The van der Waals surface area contributed by atoms with Gasteiger partial charge in [-0.15, -0.1) is 0 Å². The predicted molar refractivity (Wildman–Crippen MR) is 124 cm³/mol. The van der Waals surface area contributed by atoms with Crippen LogP contribution in [0.5, 0.6) is 0 Å². The van der Waals surface area contributed by atoms with Crippen molar-refractivity contribution in [3.63, 3.8) is 0 Å². The molecular weight excluding hydrogens is 402 g/mol. The summed E-state index contributed by atoms with van der Waals surface area (Å²) >= 11 is 0. The predicted octanol–water partition coefficient (Wildman–Crippen LogP) is 3.39. The number of urea groups is 1. The second-order valence-electron chi connectivity index (χ2n) is 8.06. The Morgan fingerprint density at radius 3 is 2.25 bits per heavy atom. The molecule has 7 nitrogen and oxygen atoms in total. The summed E-state index contributed by atoms with van der Waals surface area (Å²) in [7, 11) is 0. The molecule has 2 heterocycles. The van der Waals surface area contributed by atoms with Crippen LogP contribution < -0.4 is 5.32 Å². The normalized spacial score (nSPS) is 13.8. The summed E-state index contributed by atoms with van der Waals surface area (Å²) in [5.74, 6) is -0.0459. The summed E-state index contributed by atoms with van der Waals surface area (Å²) in [4.78, 5) is 29.1. The summed E-state index contributed by atoms with van der Waals surface area (Å²) in [5, 5.41) is 7.61. The fraction of sp³-hybridized carbons (Fsp3) is 0.320. The zero-order valence-electron chi connectivity index (χ0n) is 18.6. The molecule has 2 aromatic carbocycles. The van der Waals surface area contributed by atoms with Crippen LogP contribution in [-0.2, 0) is 6.54 Å². The van der Waals surface area contributed by atoms with Gasteiger partial charge in [-0.2, -0.15) is 5.10 Å². The number of rotatable bonds is 5. The van der Waals surface area contributed by atoms with Crippen molar-refractivity contribution in [3.8, 4) is 11.3 Å². The molecule has 32 heavy (non-hydrogen) atoms. The van der Waals surface area contributed by atoms with Crippen molar-refractivity contribution < 1.29 is 9.59 Å². The molecular formula is C25H29N5O2. The summed E-state index contributed by atoms with van der Waals surface area (Å²) in [6, 6.07) is 18.1. The van der Waals surface area contributed by atoms with E-state index in [1.807, 2.05) is 72.1 Å². The Labute approximate surface area is 188 Å². The number of nitrogens with one attached hydrogen (secondary N) is 1. The van der Waals surface area contributed by atoms with Crippen molar-refractivity contribution in [2.75, 3.05) is 32.7 Å². The maximum atomic E-state index is 13.5. The van der Waals surface area contributed by atoms with Gasteiger partial charge in [-0.1, -0.05) is 60.2 Å². The van der Waals surface area contributed by atoms with Crippen LogP contribution in [0.15, 0.2) is 60.8 Å². The van der Waals surface area contributed by atoms with Crippen LogP contribution in [0.25, 0.3) is 11.3 Å². The van der Waals surface area contributed by atoms with Crippen molar-refractivity contribution in [2.45, 2.75) is 20.4 Å². The molecule has 1 N–H and O–H groups in total. The summed E-state index contributed by atoms with van der Waals surface area (Å²) in [5.41, 5.74) is 4.49. The smallest absolute Gasteiger partial charge is 0.317 e. The molecule has 0 spiro atoms. The number of hydrogen-bond donors (Lipinski definition) is 1. The minimum atomic E-state index is -0.0735. The highest BCUT2D eigenvalue weighted by atomic mass is 16.2. The first-order valence-electron chi connectivity index (χ1n) is 11.1. The monoisotopic (exact) mass is 431 g/mol. The molecule has 0 bridgehead atoms. The first-order valence-corrected chi connectivity index (χ1v) is 11.1. The van der Waals surface area contributed by atoms with E-state index in [1.54, 1.807) is 4.90 Å². The van der Waals surface area contributed by atoms with Gasteiger partial charge in [0.2, 0.25) is 0 Å². The molecule has 1 aromatic heterocycles. The van der Waals surface area contributed by atoms with Crippen LogP contribution in [0.3, 0.4) is 0 Å². The van der Waals surface area contributed by atoms with E-state index < -0.39 is 0 Å². The van der Waals surface area contributed by atoms with Gasteiger partial charge in [-0.05, 0) is 19.4 Å². The Morgan fingerprint density at radius 1 is 0.938 bits per heavy atom. The first-order chi connectivity index (χ1) is 15.5. The quantitative estimate of drug-likeness (QED) is 0.673. The summed E-state index contributed by atoms with van der Waals surface area (Å²) in [6.45, 7) is 7.19. The number of benzene rings is 2. The average Bonchev–Trinajstić information content (AvgIpc) is 3.23. The lowest BCUT2D eigenvalue weighted by atomic mass is 10.1. The van der Waals surface area contributed by atoms with Crippen LogP contribution in [0.2, 0.25) is 0 Å². The van der Waals surface area contributed by atoms with Crippen molar-refractivity contribution in [2.24, 2.45) is 0 Å². The molecule has 1 aliphatic heterocycles. The molecule has 1 saturated heterocycles. The fourth-order valence-corrected chi connectivity index (χ4v) is 3.90. The maximum Gasteiger partial charge on any atom is 0.317 e. The van der Waals surface area contributed by atoms with Crippen LogP contribution in [-0.4, -0.2) is 64.2 Å². The van der Waals surface area contributed by atoms with Gasteiger partial charge in [0.05, 0.1) is 12.1 Å². The van der Waals surface area contributed by atoms with Gasteiger partial charge in [0.15, 0.2) is 0 Å². The molecule has 1 fully saturated rings. The average molecular weight is 432 g/mol. The number of nitrogens with zero attached hydrogens (tertiary/aromatic N) is 4. The first kappa shape index (κ1) is 21.6. The van der Waals surface area contributed by atoms with E-state index >= 15 is 0 Å². The maximum absolute atomic E-state index is 13.5. The Bertz CT molecular complexity index is 1070. The minimum Gasteiger partial charge on any atom is -0.338 e. The molecule has 1 aliphatic rings. The van der Waals surface area contributed by atoms with Gasteiger partial charge in [0.25, 0.3) is 5.91 Å². The molecule has 166 valence electrons. The zero-order valence-corrected chi connectivity index (χ0v) is 18.6. The molecule has 7 heteroatoms. The fourth-order valence-electron chi connectivity index (χ4n) is 3.90. The third kappa shape index (κ3) is 4.82. The number of amides is 3. The van der Waals surface area contributed by atoms with E-state index in [1.165, 1.54) is 0 Å². The standard InChI is InChI=1S/C25H29N5O2/c1-3-26-25(32)29-15-13-28(14-16-29)24(31)22-18-30(17-20-7-5-4-6-8-20)27-23(22)21-11-9-19(2)10-12-21/h4-12,18H,3,13-17H2,1-2H3,(H,26,32). The SMILES string of the molecule is CCNC(=O)N1CCN(C(=O)c2cn(Cc3ccccc3)nc2-c2ccc(C)cc2)CC1. The molecule has 3 aromatic rings. The molecule has 0 radical (unpaired) electrons. The van der Waals surface area contributed by atoms with Crippen LogP contribution in [0.4, 0.5) is 4.79 Å². The van der Waals surface area contributed by atoms with Gasteiger partial charge in [0.1, 0.15) is 5.69 Å². The van der Waals surface area contributed by atoms with Gasteiger partial charge in [0, 0.05) is 44.5 Å². The van der Waals surface area contributed by atoms with E-state index in [0.29, 0.717) is 50.5 Å². The van der Waals surface area contributed by atoms with Crippen LogP contribution >= 0.6 is 0 Å². The lowest BCUT2D eigenvalue weighted by molar-refractivity contribution is 0.0666. The van der Waals surface area contributed by atoms with Gasteiger partial charge in [-0.3, -0.25) is 9.48 Å². The van der Waals surface area contributed by atoms with Gasteiger partial charge < -0.3 is 15.1 Å². The second-order valence-corrected chi connectivity index (χ2v) is 8.06. The van der Waals surface area contributed by atoms with Gasteiger partial charge in [-0.25, -0.2) is 4.79 Å². The Morgan fingerprint density at radius 2 is 1.59 bits per heavy atom. The number of carbonyl (C=O) groups is 2. The van der Waals surface area contributed by atoms with Crippen LogP contribution in [0, 0.1) is 6.92 Å². The topological polar surface area (TPSA) is 70.5 Å². The molecule has 0 aliphatic carbocycles.